The molecule has 0 saturated heterocycles. The Morgan fingerprint density at radius 2 is 0.816 bits per heavy atom. The molecule has 0 aliphatic carbocycles. The maximum atomic E-state index is 9.73. The highest BCUT2D eigenvalue weighted by atomic mass is 15.0. The molecule has 0 aliphatic rings. The Bertz CT molecular complexity index is 3220. The van der Waals surface area contributed by atoms with E-state index in [0.717, 1.165) is 26.8 Å². The van der Waals surface area contributed by atoms with Crippen LogP contribution in [0.5, 0.6) is 0 Å². The normalized spacial score (nSPS) is 14.7. The van der Waals surface area contributed by atoms with Crippen molar-refractivity contribution in [2.24, 2.45) is 0 Å². The molecule has 0 spiro atoms. The zero-order valence-electron chi connectivity index (χ0n) is 37.7. The highest BCUT2D eigenvalue weighted by molar-refractivity contribution is 6.10. The third-order valence-corrected chi connectivity index (χ3v) is 8.23. The quantitative estimate of drug-likeness (QED) is 0.182. The van der Waals surface area contributed by atoms with Crippen LogP contribution in [-0.2, 0) is 0 Å². The lowest BCUT2D eigenvalue weighted by atomic mass is 9.99. The second-order valence-electron chi connectivity index (χ2n) is 11.2. The topological polar surface area (TPSA) is 43.6 Å². The lowest BCUT2D eigenvalue weighted by Crippen LogP contribution is -2.00. The van der Waals surface area contributed by atoms with Gasteiger partial charge in [-0.3, -0.25) is 0 Å². The van der Waals surface area contributed by atoms with E-state index in [9.17, 15) is 4.11 Å². The van der Waals surface area contributed by atoms with Gasteiger partial charge in [0.1, 0.15) is 0 Å². The van der Waals surface area contributed by atoms with Gasteiger partial charge in [-0.1, -0.05) is 158 Å². The van der Waals surface area contributed by atoms with Gasteiger partial charge in [0.15, 0.2) is 17.5 Å². The van der Waals surface area contributed by atoms with Gasteiger partial charge in [0.25, 0.3) is 0 Å². The lowest BCUT2D eigenvalue weighted by Gasteiger charge is -2.11. The zero-order valence-corrected chi connectivity index (χ0v) is 25.7. The van der Waals surface area contributed by atoms with Gasteiger partial charge >= 0.3 is 0 Å². The molecule has 0 fully saturated rings. The van der Waals surface area contributed by atoms with Crippen LogP contribution < -0.4 is 0 Å². The lowest BCUT2D eigenvalue weighted by molar-refractivity contribution is 1.07. The predicted molar refractivity (Wildman–Crippen MR) is 201 cm³/mol. The number of nitrogens with zero attached hydrogens (tertiary/aromatic N) is 4. The Hall–Kier alpha value is -6.65. The van der Waals surface area contributed by atoms with Crippen LogP contribution in [0.3, 0.4) is 0 Å². The maximum absolute atomic E-state index is 9.73. The van der Waals surface area contributed by atoms with Crippen molar-refractivity contribution in [2.75, 3.05) is 0 Å². The second-order valence-corrected chi connectivity index (χ2v) is 11.2. The Morgan fingerprint density at radius 1 is 0.367 bits per heavy atom. The Morgan fingerprint density at radius 3 is 1.43 bits per heavy atom. The van der Waals surface area contributed by atoms with E-state index in [1.807, 2.05) is 60.7 Å². The van der Waals surface area contributed by atoms with Crippen LogP contribution in [0.4, 0.5) is 0 Å². The molecule has 9 aromatic rings. The molecule has 2 aromatic heterocycles. The third-order valence-electron chi connectivity index (χ3n) is 8.23. The molecule has 0 aliphatic heterocycles. The largest absolute Gasteiger partial charge is 0.309 e. The Balaban J connectivity index is 1.29. The fourth-order valence-electron chi connectivity index (χ4n) is 5.83. The van der Waals surface area contributed by atoms with Gasteiger partial charge in [-0.15, -0.1) is 0 Å². The second kappa shape index (κ2) is 12.2. The number of para-hydroxylation sites is 2. The van der Waals surface area contributed by atoms with Crippen molar-refractivity contribution in [1.82, 2.24) is 19.5 Å². The first-order chi connectivity index (χ1) is 29.3. The summed E-state index contributed by atoms with van der Waals surface area (Å²) in [4.78, 5) is 14.3. The summed E-state index contributed by atoms with van der Waals surface area (Å²) < 4.78 is 107. The summed E-state index contributed by atoms with van der Waals surface area (Å²) in [7, 11) is 0. The minimum Gasteiger partial charge on any atom is -0.309 e. The molecule has 0 amide bonds. The summed E-state index contributed by atoms with van der Waals surface area (Å²) >= 11 is 0. The van der Waals surface area contributed by atoms with E-state index in [1.165, 1.54) is 0 Å². The highest BCUT2D eigenvalue weighted by Crippen LogP contribution is 2.35. The minimum absolute atomic E-state index is 0.174. The molecule has 7 aromatic carbocycles. The number of rotatable bonds is 6. The highest BCUT2D eigenvalue weighted by Gasteiger charge is 2.16. The van der Waals surface area contributed by atoms with Crippen LogP contribution in [0.1, 0.15) is 16.4 Å². The zero-order chi connectivity index (χ0) is 43.0. The number of hydrogen-bond acceptors (Lipinski definition) is 3. The van der Waals surface area contributed by atoms with E-state index in [2.05, 4.69) is 24.3 Å². The molecule has 2 heterocycles. The summed E-state index contributed by atoms with van der Waals surface area (Å²) in [6.07, 6.45) is 0. The van der Waals surface area contributed by atoms with Gasteiger partial charge in [0.2, 0.25) is 0 Å². The van der Waals surface area contributed by atoms with E-state index in [1.54, 1.807) is 24.3 Å². The van der Waals surface area contributed by atoms with Crippen molar-refractivity contribution in [2.45, 2.75) is 0 Å². The van der Waals surface area contributed by atoms with Gasteiger partial charge in [0.05, 0.1) is 27.5 Å². The van der Waals surface area contributed by atoms with Crippen LogP contribution in [0.15, 0.2) is 182 Å². The van der Waals surface area contributed by atoms with Gasteiger partial charge in [-0.25, -0.2) is 15.0 Å². The molecule has 0 bridgehead atoms. The number of aromatic nitrogens is 4. The molecule has 4 nitrogen and oxygen atoms in total. The van der Waals surface area contributed by atoms with E-state index < -0.39 is 78.2 Å². The molecular formula is C45H30N4. The van der Waals surface area contributed by atoms with Gasteiger partial charge < -0.3 is 4.57 Å². The van der Waals surface area contributed by atoms with E-state index in [0.29, 0.717) is 11.1 Å². The predicted octanol–water partition coefficient (Wildman–Crippen LogP) is 11.3. The van der Waals surface area contributed by atoms with Crippen LogP contribution in [-0.4, -0.2) is 19.5 Å². The number of benzene rings is 7. The van der Waals surface area contributed by atoms with E-state index in [-0.39, 0.29) is 44.8 Å². The number of hydrogen-bond donors (Lipinski definition) is 0. The number of fused-ring (bicyclic) bond motifs is 3. The Kier molecular flexibility index (Phi) is 4.63. The van der Waals surface area contributed by atoms with Crippen LogP contribution in [0.2, 0.25) is 0 Å². The van der Waals surface area contributed by atoms with Crippen LogP contribution in [0, 0.1) is 0 Å². The van der Waals surface area contributed by atoms with Crippen LogP contribution in [0.25, 0.3) is 83.9 Å². The monoisotopic (exact) mass is 638 g/mol. The first kappa shape index (κ1) is 18.6. The summed E-state index contributed by atoms with van der Waals surface area (Å²) in [5.41, 5.74) is 3.89. The minimum atomic E-state index is -0.716. The van der Waals surface area contributed by atoms with Crippen molar-refractivity contribution in [3.05, 3.63) is 182 Å². The SMILES string of the molecule is [2H]c1c([2H])c([2H])c(-n2c3c([2H])c([2H])c([2H])c([2H])c3c3c([2H])c([2H])c(-c4nc(-c5ccccc5)nc(-c5ccc(-c6ccc(-c7ccccc7)cc6)cc5)n4)c([2H])c32)c([2H])c1[2H]. The van der Waals surface area contributed by atoms with Gasteiger partial charge in [-0.05, 0) is 46.4 Å². The van der Waals surface area contributed by atoms with Gasteiger partial charge in [0, 0.05) is 33.2 Å². The summed E-state index contributed by atoms with van der Waals surface area (Å²) in [5, 5.41) is -0.486. The fourth-order valence-corrected chi connectivity index (χ4v) is 5.83. The summed E-state index contributed by atoms with van der Waals surface area (Å²) in [5.74, 6) is 0.204. The van der Waals surface area contributed by atoms with Crippen molar-refractivity contribution in [3.63, 3.8) is 0 Å². The molecule has 0 saturated carbocycles. The summed E-state index contributed by atoms with van der Waals surface area (Å²) in [6, 6.07) is 27.1. The fraction of sp³-hybridized carbons (Fsp3) is 0. The maximum Gasteiger partial charge on any atom is 0.164 e. The van der Waals surface area contributed by atoms with Crippen molar-refractivity contribution >= 4 is 21.8 Å². The summed E-state index contributed by atoms with van der Waals surface area (Å²) in [6.45, 7) is 0. The first-order valence-electron chi connectivity index (χ1n) is 21.5. The standard InChI is InChI=1S/C45H30N4/c1-4-12-31(13-5-1)32-20-22-33(23-21-32)34-24-26-36(27-25-34)44-46-43(35-14-6-2-7-15-35)47-45(48-44)37-28-29-40-39-18-10-11-19-41(39)49(42(40)30-37)38-16-8-3-9-17-38/h1-30H/i3D,8D,9D,10D,11D,16D,17D,18D,19D,28D,29D,30D. The van der Waals surface area contributed by atoms with Gasteiger partial charge in [-0.2, -0.15) is 0 Å². The Labute approximate surface area is 301 Å². The molecule has 0 radical (unpaired) electrons. The van der Waals surface area contributed by atoms with E-state index in [4.69, 9.17) is 27.3 Å². The average Bonchev–Trinajstić information content (AvgIpc) is 3.65. The molecular weight excluding hydrogens is 597 g/mol. The van der Waals surface area contributed by atoms with Crippen molar-refractivity contribution in [3.8, 4) is 62.1 Å². The third kappa shape index (κ3) is 5.35. The average molecular weight is 639 g/mol. The van der Waals surface area contributed by atoms with E-state index >= 15 is 0 Å². The van der Waals surface area contributed by atoms with Crippen LogP contribution >= 0.6 is 0 Å². The molecule has 0 N–H and O–H groups in total. The molecule has 0 atom stereocenters. The molecule has 49 heavy (non-hydrogen) atoms. The van der Waals surface area contributed by atoms with Crippen molar-refractivity contribution < 1.29 is 16.4 Å². The van der Waals surface area contributed by atoms with Crippen molar-refractivity contribution in [1.29, 1.82) is 0 Å². The molecule has 9 rings (SSSR count). The first-order valence-corrected chi connectivity index (χ1v) is 15.5. The smallest absolute Gasteiger partial charge is 0.164 e. The molecule has 4 heteroatoms. The molecule has 230 valence electrons. The molecule has 0 unspecified atom stereocenters.